The number of nitrogens with one attached hydrogen (secondary N) is 1. The highest BCUT2D eigenvalue weighted by molar-refractivity contribution is 5.36. The molecule has 0 unspecified atom stereocenters. The summed E-state index contributed by atoms with van der Waals surface area (Å²) in [5.74, 6) is 0. The second-order valence-electron chi connectivity index (χ2n) is 2.18. The van der Waals surface area contributed by atoms with E-state index in [-0.39, 0.29) is 0 Å². The van der Waals surface area contributed by atoms with E-state index >= 15 is 0 Å². The molecule has 0 heterocycles. The van der Waals surface area contributed by atoms with Crippen LogP contribution < -0.4 is 5.32 Å². The topological polar surface area (TPSA) is 12.0 Å². The van der Waals surface area contributed by atoms with Crippen molar-refractivity contribution in [2.24, 2.45) is 0 Å². The molecule has 0 spiro atoms. The molecular weight excluding hydrogens is 134 g/mol. The maximum Gasteiger partial charge on any atom is 0.0366 e. The van der Waals surface area contributed by atoms with Crippen LogP contribution in [0.2, 0.25) is 0 Å². The van der Waals surface area contributed by atoms with Gasteiger partial charge >= 0.3 is 0 Å². The summed E-state index contributed by atoms with van der Waals surface area (Å²) in [7, 11) is 0. The van der Waals surface area contributed by atoms with Gasteiger partial charge in [0.2, 0.25) is 0 Å². The molecule has 11 heavy (non-hydrogen) atoms. The molecule has 0 bridgehead atoms. The number of likely N-dealkylation sites (N-methyl/N-ethyl adjacent to an activating group) is 1. The van der Waals surface area contributed by atoms with Crippen molar-refractivity contribution < 1.29 is 0 Å². The summed E-state index contributed by atoms with van der Waals surface area (Å²) in [5.41, 5.74) is 2.32. The first-order chi connectivity index (χ1) is 5.29. The summed E-state index contributed by atoms with van der Waals surface area (Å²) in [6.45, 7) is 10.8. The minimum atomic E-state index is 0.949. The molecule has 0 aliphatic carbocycles. The first-order valence-corrected chi connectivity index (χ1v) is 3.99. The van der Waals surface area contributed by atoms with Crippen LogP contribution in [0, 0.1) is 0 Å². The lowest BCUT2D eigenvalue weighted by molar-refractivity contribution is 0.866. The summed E-state index contributed by atoms with van der Waals surface area (Å²) in [5, 5.41) is 3.26. The fourth-order valence-corrected chi connectivity index (χ4v) is 0.945. The van der Waals surface area contributed by atoms with Gasteiger partial charge in [0.1, 0.15) is 0 Å². The van der Waals surface area contributed by atoms with Crippen LogP contribution in [-0.4, -0.2) is 6.54 Å². The van der Waals surface area contributed by atoms with Crippen molar-refractivity contribution in [2.45, 2.75) is 20.8 Å². The molecule has 0 radical (unpaired) electrons. The quantitative estimate of drug-likeness (QED) is 0.609. The lowest BCUT2D eigenvalue weighted by Crippen LogP contribution is -2.12. The van der Waals surface area contributed by atoms with E-state index in [1.54, 1.807) is 0 Å². The van der Waals surface area contributed by atoms with Crippen molar-refractivity contribution in [3.63, 3.8) is 0 Å². The van der Waals surface area contributed by atoms with Gasteiger partial charge in [-0.1, -0.05) is 24.8 Å². The van der Waals surface area contributed by atoms with Crippen molar-refractivity contribution >= 4 is 0 Å². The van der Waals surface area contributed by atoms with Gasteiger partial charge in [0.15, 0.2) is 0 Å². The van der Waals surface area contributed by atoms with E-state index in [0.717, 1.165) is 17.8 Å². The lowest BCUT2D eigenvalue weighted by Gasteiger charge is -2.08. The van der Waals surface area contributed by atoms with Crippen LogP contribution in [0.5, 0.6) is 0 Å². The Labute approximate surface area is 69.5 Å². The second kappa shape index (κ2) is 5.78. The van der Waals surface area contributed by atoms with E-state index in [9.17, 15) is 0 Å². The molecule has 0 aromatic heterocycles. The minimum absolute atomic E-state index is 0.949. The molecule has 0 amide bonds. The Kier molecular flexibility index (Phi) is 5.26. The van der Waals surface area contributed by atoms with Crippen molar-refractivity contribution in [2.75, 3.05) is 6.54 Å². The van der Waals surface area contributed by atoms with Gasteiger partial charge in [-0.2, -0.15) is 0 Å². The standard InChI is InChI=1S/C10H17N/c1-5-9(6-2)10(7-3)11-8-4/h5-7,11H,1,8H2,2-4H3/b9-6-,10-7+. The maximum atomic E-state index is 3.73. The molecule has 1 heteroatoms. The molecule has 0 saturated heterocycles. The Hall–Kier alpha value is -0.980. The van der Waals surface area contributed by atoms with Gasteiger partial charge in [0.25, 0.3) is 0 Å². The van der Waals surface area contributed by atoms with Crippen LogP contribution in [0.4, 0.5) is 0 Å². The van der Waals surface area contributed by atoms with Crippen LogP contribution >= 0.6 is 0 Å². The molecule has 0 rings (SSSR count). The molecule has 0 aliphatic rings. The van der Waals surface area contributed by atoms with Crippen LogP contribution in [0.1, 0.15) is 20.8 Å². The number of hydrogen-bond donors (Lipinski definition) is 1. The van der Waals surface area contributed by atoms with Crippen LogP contribution in [-0.2, 0) is 0 Å². The van der Waals surface area contributed by atoms with Gasteiger partial charge in [-0.15, -0.1) is 0 Å². The van der Waals surface area contributed by atoms with E-state index in [0.29, 0.717) is 0 Å². The molecule has 1 nitrogen and oxygen atoms in total. The third-order valence-electron chi connectivity index (χ3n) is 1.50. The Morgan fingerprint density at radius 2 is 2.00 bits per heavy atom. The van der Waals surface area contributed by atoms with Gasteiger partial charge in [-0.05, 0) is 26.3 Å². The van der Waals surface area contributed by atoms with Crippen molar-refractivity contribution in [3.8, 4) is 0 Å². The zero-order chi connectivity index (χ0) is 8.69. The predicted octanol–water partition coefficient (Wildman–Crippen LogP) is 2.63. The molecule has 0 aliphatic heterocycles. The Bertz CT molecular complexity index is 175. The SMILES string of the molecule is C=CC(=C/C)/C(=C\C)NCC. The summed E-state index contributed by atoms with van der Waals surface area (Å²) in [6, 6.07) is 0. The molecule has 0 fully saturated rings. The monoisotopic (exact) mass is 151 g/mol. The Balaban J connectivity index is 4.37. The van der Waals surface area contributed by atoms with Gasteiger partial charge < -0.3 is 5.32 Å². The van der Waals surface area contributed by atoms with Gasteiger partial charge in [-0.25, -0.2) is 0 Å². The number of hydrogen-bond acceptors (Lipinski definition) is 1. The average molecular weight is 151 g/mol. The van der Waals surface area contributed by atoms with E-state index in [2.05, 4.69) is 24.9 Å². The van der Waals surface area contributed by atoms with Gasteiger partial charge in [-0.3, -0.25) is 0 Å². The first kappa shape index (κ1) is 10.0. The summed E-state index contributed by atoms with van der Waals surface area (Å²) >= 11 is 0. The number of allylic oxidation sites excluding steroid dienone is 3. The molecule has 0 aromatic carbocycles. The Morgan fingerprint density at radius 3 is 2.27 bits per heavy atom. The summed E-state index contributed by atoms with van der Waals surface area (Å²) < 4.78 is 0. The maximum absolute atomic E-state index is 3.73. The third kappa shape index (κ3) is 3.08. The first-order valence-electron chi connectivity index (χ1n) is 3.99. The molecular formula is C10H17N. The van der Waals surface area contributed by atoms with E-state index in [1.807, 2.05) is 26.0 Å². The van der Waals surface area contributed by atoms with E-state index < -0.39 is 0 Å². The molecule has 62 valence electrons. The molecule has 0 saturated carbocycles. The highest BCUT2D eigenvalue weighted by atomic mass is 14.9. The summed E-state index contributed by atoms with van der Waals surface area (Å²) in [4.78, 5) is 0. The minimum Gasteiger partial charge on any atom is -0.385 e. The normalized spacial score (nSPS) is 13.0. The van der Waals surface area contributed by atoms with Crippen molar-refractivity contribution in [1.82, 2.24) is 5.32 Å². The van der Waals surface area contributed by atoms with Crippen molar-refractivity contribution in [3.05, 3.63) is 36.1 Å². The fraction of sp³-hybridized carbons (Fsp3) is 0.400. The highest BCUT2D eigenvalue weighted by Crippen LogP contribution is 2.06. The van der Waals surface area contributed by atoms with Gasteiger partial charge in [0, 0.05) is 12.2 Å². The highest BCUT2D eigenvalue weighted by Gasteiger charge is 1.95. The zero-order valence-corrected chi connectivity index (χ0v) is 7.65. The molecule has 0 atom stereocenters. The third-order valence-corrected chi connectivity index (χ3v) is 1.50. The lowest BCUT2D eigenvalue weighted by atomic mass is 10.1. The largest absolute Gasteiger partial charge is 0.385 e. The van der Waals surface area contributed by atoms with Crippen LogP contribution in [0.3, 0.4) is 0 Å². The van der Waals surface area contributed by atoms with Crippen LogP contribution in [0.15, 0.2) is 36.1 Å². The van der Waals surface area contributed by atoms with Crippen LogP contribution in [0.25, 0.3) is 0 Å². The molecule has 1 N–H and O–H groups in total. The smallest absolute Gasteiger partial charge is 0.0366 e. The Morgan fingerprint density at radius 1 is 1.36 bits per heavy atom. The molecule has 0 aromatic rings. The van der Waals surface area contributed by atoms with E-state index in [4.69, 9.17) is 0 Å². The van der Waals surface area contributed by atoms with Crippen molar-refractivity contribution in [1.29, 1.82) is 0 Å². The fourth-order valence-electron chi connectivity index (χ4n) is 0.945. The second-order valence-corrected chi connectivity index (χ2v) is 2.18. The zero-order valence-electron chi connectivity index (χ0n) is 7.65. The van der Waals surface area contributed by atoms with Gasteiger partial charge in [0.05, 0.1) is 0 Å². The summed E-state index contributed by atoms with van der Waals surface area (Å²) in [6.07, 6.45) is 5.96. The number of rotatable bonds is 4. The predicted molar refractivity (Wildman–Crippen MR) is 51.4 cm³/mol. The average Bonchev–Trinajstić information content (AvgIpc) is 2.05. The van der Waals surface area contributed by atoms with E-state index in [1.165, 1.54) is 0 Å².